The first-order chi connectivity index (χ1) is 12.5. The molecule has 0 saturated carbocycles. The van der Waals surface area contributed by atoms with Crippen LogP contribution in [-0.2, 0) is 6.54 Å². The highest BCUT2D eigenvalue weighted by Gasteiger charge is 2.17. The lowest BCUT2D eigenvalue weighted by atomic mass is 10.1. The van der Waals surface area contributed by atoms with E-state index in [-0.39, 0.29) is 29.8 Å². The van der Waals surface area contributed by atoms with Crippen LogP contribution < -0.4 is 10.6 Å². The average molecular weight is 418 g/mol. The zero-order valence-corrected chi connectivity index (χ0v) is 15.8. The van der Waals surface area contributed by atoms with Crippen molar-refractivity contribution in [3.8, 4) is 5.75 Å². The highest BCUT2D eigenvalue weighted by atomic mass is 79.9. The van der Waals surface area contributed by atoms with E-state index in [2.05, 4.69) is 26.6 Å². The second-order valence-corrected chi connectivity index (χ2v) is 7.08. The standard InChI is InChI=1S/C19H20BrN3O3/c20-14-6-7-17(24)16(11-14)18(25)21-12-13-4-3-5-15(10-13)22-19(26)23-8-1-2-9-23/h3-7,10-11,24H,1-2,8-9,12H2,(H,21,25)(H,22,26). The number of hydrogen-bond acceptors (Lipinski definition) is 3. The summed E-state index contributed by atoms with van der Waals surface area (Å²) in [6.07, 6.45) is 2.09. The summed E-state index contributed by atoms with van der Waals surface area (Å²) in [5, 5.41) is 15.5. The topological polar surface area (TPSA) is 81.7 Å². The fourth-order valence-corrected chi connectivity index (χ4v) is 3.21. The van der Waals surface area contributed by atoms with E-state index in [1.165, 1.54) is 6.07 Å². The van der Waals surface area contributed by atoms with Gasteiger partial charge in [-0.3, -0.25) is 4.79 Å². The van der Waals surface area contributed by atoms with Crippen LogP contribution in [0.1, 0.15) is 28.8 Å². The van der Waals surface area contributed by atoms with Crippen molar-refractivity contribution in [1.29, 1.82) is 0 Å². The Kier molecular flexibility index (Phi) is 5.78. The lowest BCUT2D eigenvalue weighted by molar-refractivity contribution is 0.0948. The van der Waals surface area contributed by atoms with Crippen LogP contribution in [0.2, 0.25) is 0 Å². The second kappa shape index (κ2) is 8.23. The SMILES string of the molecule is O=C(NCc1cccc(NC(=O)N2CCCC2)c1)c1cc(Br)ccc1O. The lowest BCUT2D eigenvalue weighted by Gasteiger charge is -2.16. The molecule has 6 nitrogen and oxygen atoms in total. The van der Waals surface area contributed by atoms with E-state index in [0.29, 0.717) is 10.2 Å². The summed E-state index contributed by atoms with van der Waals surface area (Å²) in [5.74, 6) is -0.437. The number of carbonyl (C=O) groups is 2. The van der Waals surface area contributed by atoms with Crippen molar-refractivity contribution in [2.45, 2.75) is 19.4 Å². The fraction of sp³-hybridized carbons (Fsp3) is 0.263. The molecule has 1 aliphatic heterocycles. The van der Waals surface area contributed by atoms with Crippen molar-refractivity contribution >= 4 is 33.6 Å². The smallest absolute Gasteiger partial charge is 0.321 e. The molecule has 3 rings (SSSR count). The molecule has 0 aliphatic carbocycles. The van der Waals surface area contributed by atoms with Crippen LogP contribution in [0.5, 0.6) is 5.75 Å². The quantitative estimate of drug-likeness (QED) is 0.708. The molecule has 2 aromatic carbocycles. The number of nitrogens with zero attached hydrogens (tertiary/aromatic N) is 1. The molecule has 0 radical (unpaired) electrons. The van der Waals surface area contributed by atoms with Gasteiger partial charge < -0.3 is 20.6 Å². The van der Waals surface area contributed by atoms with Gasteiger partial charge in [-0.05, 0) is 48.7 Å². The number of benzene rings is 2. The Morgan fingerprint density at radius 3 is 2.65 bits per heavy atom. The Labute approximate surface area is 160 Å². The third-order valence-electron chi connectivity index (χ3n) is 4.23. The third-order valence-corrected chi connectivity index (χ3v) is 4.72. The average Bonchev–Trinajstić information content (AvgIpc) is 3.17. The number of phenolic OH excluding ortho intramolecular Hbond substituents is 1. The monoisotopic (exact) mass is 417 g/mol. The van der Waals surface area contributed by atoms with Gasteiger partial charge in [0.2, 0.25) is 0 Å². The highest BCUT2D eigenvalue weighted by molar-refractivity contribution is 9.10. The van der Waals surface area contributed by atoms with Crippen LogP contribution in [0.4, 0.5) is 10.5 Å². The third kappa shape index (κ3) is 4.54. The molecule has 0 spiro atoms. The van der Waals surface area contributed by atoms with Gasteiger partial charge in [0.05, 0.1) is 5.56 Å². The summed E-state index contributed by atoms with van der Waals surface area (Å²) in [5.41, 5.74) is 1.75. The minimum absolute atomic E-state index is 0.0719. The van der Waals surface area contributed by atoms with E-state index in [9.17, 15) is 14.7 Å². The van der Waals surface area contributed by atoms with E-state index in [1.54, 1.807) is 17.0 Å². The van der Waals surface area contributed by atoms with Crippen LogP contribution in [0.25, 0.3) is 0 Å². The zero-order chi connectivity index (χ0) is 18.5. The Morgan fingerprint density at radius 2 is 1.88 bits per heavy atom. The van der Waals surface area contributed by atoms with Gasteiger partial charge in [-0.1, -0.05) is 28.1 Å². The molecule has 0 unspecified atom stereocenters. The molecule has 0 atom stereocenters. The molecule has 3 N–H and O–H groups in total. The molecule has 136 valence electrons. The van der Waals surface area contributed by atoms with Crippen molar-refractivity contribution in [1.82, 2.24) is 10.2 Å². The normalized spacial score (nSPS) is 13.5. The number of aromatic hydroxyl groups is 1. The number of carbonyl (C=O) groups excluding carboxylic acids is 2. The lowest BCUT2D eigenvalue weighted by Crippen LogP contribution is -2.32. The van der Waals surface area contributed by atoms with Crippen molar-refractivity contribution in [3.05, 3.63) is 58.1 Å². The van der Waals surface area contributed by atoms with Crippen molar-refractivity contribution < 1.29 is 14.7 Å². The van der Waals surface area contributed by atoms with E-state index < -0.39 is 0 Å². The van der Waals surface area contributed by atoms with E-state index >= 15 is 0 Å². The van der Waals surface area contributed by atoms with Crippen LogP contribution in [0.15, 0.2) is 46.9 Å². The van der Waals surface area contributed by atoms with E-state index in [1.807, 2.05) is 24.3 Å². The number of halogens is 1. The number of rotatable bonds is 4. The first-order valence-electron chi connectivity index (χ1n) is 8.44. The highest BCUT2D eigenvalue weighted by Crippen LogP contribution is 2.22. The van der Waals surface area contributed by atoms with Crippen molar-refractivity contribution in [3.63, 3.8) is 0 Å². The Morgan fingerprint density at radius 1 is 1.12 bits per heavy atom. The minimum Gasteiger partial charge on any atom is -0.507 e. The first kappa shape index (κ1) is 18.3. The van der Waals surface area contributed by atoms with E-state index in [0.717, 1.165) is 31.5 Å². The number of nitrogens with one attached hydrogen (secondary N) is 2. The molecule has 1 aliphatic rings. The zero-order valence-electron chi connectivity index (χ0n) is 14.2. The first-order valence-corrected chi connectivity index (χ1v) is 9.24. The van der Waals surface area contributed by atoms with Crippen molar-refractivity contribution in [2.24, 2.45) is 0 Å². The van der Waals surface area contributed by atoms with Gasteiger partial charge in [0.1, 0.15) is 5.75 Å². The summed E-state index contributed by atoms with van der Waals surface area (Å²) in [6.45, 7) is 1.87. The molecule has 0 aromatic heterocycles. The summed E-state index contributed by atoms with van der Waals surface area (Å²) in [4.78, 5) is 26.2. The maximum absolute atomic E-state index is 12.3. The van der Waals surface area contributed by atoms with Gasteiger partial charge in [-0.25, -0.2) is 4.79 Å². The fourth-order valence-electron chi connectivity index (χ4n) is 2.85. The Bertz CT molecular complexity index is 819. The number of urea groups is 1. The largest absolute Gasteiger partial charge is 0.507 e. The summed E-state index contributed by atoms with van der Waals surface area (Å²) in [7, 11) is 0. The van der Waals surface area contributed by atoms with Crippen LogP contribution >= 0.6 is 15.9 Å². The molecular weight excluding hydrogens is 398 g/mol. The predicted molar refractivity (Wildman–Crippen MR) is 103 cm³/mol. The summed E-state index contributed by atoms with van der Waals surface area (Å²) < 4.78 is 0.715. The number of hydrogen-bond donors (Lipinski definition) is 3. The summed E-state index contributed by atoms with van der Waals surface area (Å²) >= 11 is 3.29. The number of anilines is 1. The number of amides is 3. The summed E-state index contributed by atoms with van der Waals surface area (Å²) in [6, 6.07) is 11.9. The molecule has 1 heterocycles. The van der Waals surface area contributed by atoms with Gasteiger partial charge in [-0.2, -0.15) is 0 Å². The van der Waals surface area contributed by atoms with Gasteiger partial charge in [-0.15, -0.1) is 0 Å². The predicted octanol–water partition coefficient (Wildman–Crippen LogP) is 3.71. The molecule has 1 fully saturated rings. The van der Waals surface area contributed by atoms with Gasteiger partial charge in [0.25, 0.3) is 5.91 Å². The van der Waals surface area contributed by atoms with E-state index in [4.69, 9.17) is 0 Å². The maximum Gasteiger partial charge on any atom is 0.321 e. The van der Waals surface area contributed by atoms with Crippen LogP contribution in [-0.4, -0.2) is 35.0 Å². The molecule has 3 amide bonds. The van der Waals surface area contributed by atoms with Crippen molar-refractivity contribution in [2.75, 3.05) is 18.4 Å². The molecular formula is C19H20BrN3O3. The molecule has 0 bridgehead atoms. The second-order valence-electron chi connectivity index (χ2n) is 6.17. The van der Waals surface area contributed by atoms with Crippen LogP contribution in [0, 0.1) is 0 Å². The number of phenols is 1. The van der Waals surface area contributed by atoms with Crippen LogP contribution in [0.3, 0.4) is 0 Å². The Hall–Kier alpha value is -2.54. The van der Waals surface area contributed by atoms with Gasteiger partial charge >= 0.3 is 6.03 Å². The molecule has 2 aromatic rings. The van der Waals surface area contributed by atoms with Gasteiger partial charge in [0.15, 0.2) is 0 Å². The Balaban J connectivity index is 1.60. The maximum atomic E-state index is 12.3. The minimum atomic E-state index is -0.365. The molecule has 7 heteroatoms. The number of likely N-dealkylation sites (tertiary alicyclic amines) is 1. The van der Waals surface area contributed by atoms with Gasteiger partial charge in [0, 0.05) is 29.8 Å². The molecule has 26 heavy (non-hydrogen) atoms. The molecule has 1 saturated heterocycles.